The van der Waals surface area contributed by atoms with Gasteiger partial charge in [-0.1, -0.05) is 41.7 Å². The molecule has 0 radical (unpaired) electrons. The molecule has 0 aliphatic carbocycles. The fourth-order valence-electron chi connectivity index (χ4n) is 3.30. The van der Waals surface area contributed by atoms with Crippen LogP contribution in [0.15, 0.2) is 52.8 Å². The third-order valence-corrected chi connectivity index (χ3v) is 5.75. The Morgan fingerprint density at radius 2 is 2.00 bits per heavy atom. The van der Waals surface area contributed by atoms with Crippen molar-refractivity contribution >= 4 is 28.3 Å². The van der Waals surface area contributed by atoms with E-state index in [4.69, 9.17) is 9.72 Å². The minimum absolute atomic E-state index is 0.0561. The number of aromatic nitrogens is 4. The Morgan fingerprint density at radius 3 is 2.67 bits per heavy atom. The molecule has 0 aliphatic heterocycles. The Balaban J connectivity index is 1.68. The lowest BCUT2D eigenvalue weighted by molar-refractivity contribution is 0.0492. The normalized spacial score (nSPS) is 11.3. The second kappa shape index (κ2) is 8.23. The van der Waals surface area contributed by atoms with E-state index in [1.165, 1.54) is 0 Å². The van der Waals surface area contributed by atoms with E-state index in [1.807, 2.05) is 51.1 Å². The van der Waals surface area contributed by atoms with Crippen molar-refractivity contribution in [3.05, 3.63) is 68.9 Å². The van der Waals surface area contributed by atoms with Gasteiger partial charge < -0.3 is 4.74 Å². The van der Waals surface area contributed by atoms with Crippen LogP contribution in [0.25, 0.3) is 22.3 Å². The standard InChI is InChI=1S/C22H22N4O3S/c1-14(2)26-20-18(12-23-26)17(11-19(24-20)16-7-5-4-6-8-16)21(27)29-10-9-25-15(3)13-30-22(25)28/h4-8,11-14H,9-10H2,1-3H3. The monoisotopic (exact) mass is 422 g/mol. The first-order valence-corrected chi connectivity index (χ1v) is 10.6. The Morgan fingerprint density at radius 1 is 1.23 bits per heavy atom. The maximum absolute atomic E-state index is 12.9. The van der Waals surface area contributed by atoms with Crippen molar-refractivity contribution in [2.75, 3.05) is 6.61 Å². The molecule has 0 atom stereocenters. The molecule has 0 spiro atoms. The van der Waals surface area contributed by atoms with Gasteiger partial charge in [0.1, 0.15) is 6.61 Å². The number of carbonyl (C=O) groups is 1. The molecule has 4 rings (SSSR count). The number of hydrogen-bond acceptors (Lipinski definition) is 6. The molecule has 0 fully saturated rings. The van der Waals surface area contributed by atoms with Crippen molar-refractivity contribution in [3.8, 4) is 11.3 Å². The van der Waals surface area contributed by atoms with Gasteiger partial charge in [-0.05, 0) is 26.8 Å². The molecule has 0 aliphatic rings. The molecule has 0 amide bonds. The number of hydrogen-bond donors (Lipinski definition) is 0. The first-order chi connectivity index (χ1) is 14.5. The van der Waals surface area contributed by atoms with Gasteiger partial charge in [0, 0.05) is 22.7 Å². The summed E-state index contributed by atoms with van der Waals surface area (Å²) in [5.41, 5.74) is 3.51. The molecule has 0 saturated heterocycles. The third-order valence-electron chi connectivity index (χ3n) is 4.87. The maximum Gasteiger partial charge on any atom is 0.339 e. The summed E-state index contributed by atoms with van der Waals surface area (Å²) in [4.78, 5) is 29.5. The van der Waals surface area contributed by atoms with Crippen molar-refractivity contribution in [1.82, 2.24) is 19.3 Å². The molecule has 3 aromatic heterocycles. The highest BCUT2D eigenvalue weighted by molar-refractivity contribution is 7.07. The summed E-state index contributed by atoms with van der Waals surface area (Å²) in [5, 5.41) is 6.86. The van der Waals surface area contributed by atoms with Crippen LogP contribution < -0.4 is 4.87 Å². The average molecular weight is 423 g/mol. The van der Waals surface area contributed by atoms with E-state index < -0.39 is 5.97 Å². The van der Waals surface area contributed by atoms with E-state index in [2.05, 4.69) is 5.10 Å². The van der Waals surface area contributed by atoms with Crippen molar-refractivity contribution in [3.63, 3.8) is 0 Å². The minimum atomic E-state index is -0.455. The zero-order valence-corrected chi connectivity index (χ0v) is 17.8. The van der Waals surface area contributed by atoms with Gasteiger partial charge in [0.05, 0.1) is 29.4 Å². The predicted octanol–water partition coefficient (Wildman–Crippen LogP) is 4.07. The SMILES string of the molecule is Cc1csc(=O)n1CCOC(=O)c1cc(-c2ccccc2)nc2c1cnn2C(C)C. The molecule has 30 heavy (non-hydrogen) atoms. The zero-order valence-electron chi connectivity index (χ0n) is 17.0. The van der Waals surface area contributed by atoms with Crippen LogP contribution in [0.2, 0.25) is 0 Å². The number of rotatable bonds is 6. The lowest BCUT2D eigenvalue weighted by atomic mass is 10.1. The van der Waals surface area contributed by atoms with Crippen molar-refractivity contribution in [2.24, 2.45) is 0 Å². The summed E-state index contributed by atoms with van der Waals surface area (Å²) in [6.07, 6.45) is 1.65. The van der Waals surface area contributed by atoms with Crippen molar-refractivity contribution in [1.29, 1.82) is 0 Å². The van der Waals surface area contributed by atoms with E-state index in [9.17, 15) is 9.59 Å². The molecular formula is C22H22N4O3S. The van der Waals surface area contributed by atoms with Crippen LogP contribution in [0.5, 0.6) is 0 Å². The van der Waals surface area contributed by atoms with Gasteiger partial charge in [-0.25, -0.2) is 14.5 Å². The largest absolute Gasteiger partial charge is 0.460 e. The predicted molar refractivity (Wildman–Crippen MR) is 117 cm³/mol. The molecule has 0 saturated carbocycles. The Bertz CT molecular complexity index is 1250. The second-order valence-electron chi connectivity index (χ2n) is 7.27. The first-order valence-electron chi connectivity index (χ1n) is 9.71. The summed E-state index contributed by atoms with van der Waals surface area (Å²) < 4.78 is 8.92. The fourth-order valence-corrected chi connectivity index (χ4v) is 4.06. The first kappa shape index (κ1) is 20.0. The fraction of sp³-hybridized carbons (Fsp3) is 0.273. The molecule has 7 nitrogen and oxygen atoms in total. The number of thiazole rings is 1. The number of nitrogens with zero attached hydrogens (tertiary/aromatic N) is 4. The van der Waals surface area contributed by atoms with E-state index in [0.717, 1.165) is 22.6 Å². The number of carbonyl (C=O) groups excluding carboxylic acids is 1. The van der Waals surface area contributed by atoms with Gasteiger partial charge in [-0.2, -0.15) is 5.10 Å². The molecule has 1 aromatic carbocycles. The molecule has 3 heterocycles. The molecule has 154 valence electrons. The number of esters is 1. The third kappa shape index (κ3) is 3.78. The van der Waals surface area contributed by atoms with Crippen LogP contribution in [0.3, 0.4) is 0 Å². The summed E-state index contributed by atoms with van der Waals surface area (Å²) in [6, 6.07) is 11.5. The van der Waals surface area contributed by atoms with E-state index in [1.54, 1.807) is 26.9 Å². The average Bonchev–Trinajstić information content (AvgIpc) is 3.32. The summed E-state index contributed by atoms with van der Waals surface area (Å²) in [7, 11) is 0. The molecule has 4 aromatic rings. The maximum atomic E-state index is 12.9. The Hall–Kier alpha value is -3.26. The topological polar surface area (TPSA) is 79.0 Å². The zero-order chi connectivity index (χ0) is 21.3. The Labute approximate surface area is 177 Å². The second-order valence-corrected chi connectivity index (χ2v) is 8.09. The highest BCUT2D eigenvalue weighted by Gasteiger charge is 2.19. The van der Waals surface area contributed by atoms with Crippen LogP contribution in [0, 0.1) is 6.92 Å². The van der Waals surface area contributed by atoms with Crippen LogP contribution in [-0.4, -0.2) is 31.9 Å². The van der Waals surface area contributed by atoms with Gasteiger partial charge in [-0.3, -0.25) is 9.36 Å². The minimum Gasteiger partial charge on any atom is -0.460 e. The van der Waals surface area contributed by atoms with E-state index in [-0.39, 0.29) is 17.5 Å². The van der Waals surface area contributed by atoms with Gasteiger partial charge in [0.15, 0.2) is 5.65 Å². The summed E-state index contributed by atoms with van der Waals surface area (Å²) >= 11 is 1.14. The lowest BCUT2D eigenvalue weighted by Gasteiger charge is -2.11. The summed E-state index contributed by atoms with van der Waals surface area (Å²) in [6.45, 7) is 6.33. The van der Waals surface area contributed by atoms with E-state index >= 15 is 0 Å². The lowest BCUT2D eigenvalue weighted by Crippen LogP contribution is -2.19. The Kier molecular flexibility index (Phi) is 5.50. The highest BCUT2D eigenvalue weighted by Crippen LogP contribution is 2.26. The molecule has 0 bridgehead atoms. The van der Waals surface area contributed by atoms with Crippen LogP contribution in [-0.2, 0) is 11.3 Å². The number of fused-ring (bicyclic) bond motifs is 1. The smallest absolute Gasteiger partial charge is 0.339 e. The summed E-state index contributed by atoms with van der Waals surface area (Å²) in [5.74, 6) is -0.455. The van der Waals surface area contributed by atoms with Crippen molar-refractivity contribution in [2.45, 2.75) is 33.4 Å². The quantitative estimate of drug-likeness (QED) is 0.438. The number of benzene rings is 1. The molecule has 0 N–H and O–H groups in total. The van der Waals surface area contributed by atoms with Crippen LogP contribution in [0.1, 0.15) is 35.9 Å². The highest BCUT2D eigenvalue weighted by atomic mass is 32.1. The number of aryl methyl sites for hydroxylation is 1. The molecule has 8 heteroatoms. The van der Waals surface area contributed by atoms with Gasteiger partial charge in [-0.15, -0.1) is 0 Å². The van der Waals surface area contributed by atoms with Gasteiger partial charge in [0.25, 0.3) is 0 Å². The van der Waals surface area contributed by atoms with Gasteiger partial charge in [0.2, 0.25) is 0 Å². The molecular weight excluding hydrogens is 400 g/mol. The van der Waals surface area contributed by atoms with E-state index in [0.29, 0.717) is 28.8 Å². The number of pyridine rings is 1. The van der Waals surface area contributed by atoms with Crippen molar-refractivity contribution < 1.29 is 9.53 Å². The van der Waals surface area contributed by atoms with Crippen LogP contribution in [0.4, 0.5) is 0 Å². The molecule has 0 unspecified atom stereocenters. The number of ether oxygens (including phenoxy) is 1. The van der Waals surface area contributed by atoms with Gasteiger partial charge >= 0.3 is 10.8 Å². The van der Waals surface area contributed by atoms with Crippen LogP contribution >= 0.6 is 11.3 Å².